The second-order valence-electron chi connectivity index (χ2n) is 6.03. The highest BCUT2D eigenvalue weighted by molar-refractivity contribution is 9.10. The highest BCUT2D eigenvalue weighted by Gasteiger charge is 2.10. The van der Waals surface area contributed by atoms with Gasteiger partial charge in [-0.2, -0.15) is 0 Å². The molecule has 0 fully saturated rings. The van der Waals surface area contributed by atoms with Crippen LogP contribution in [0, 0.1) is 0 Å². The van der Waals surface area contributed by atoms with Crippen molar-refractivity contribution in [2.45, 2.75) is 26.7 Å². The quantitative estimate of drug-likeness (QED) is 0.507. The van der Waals surface area contributed by atoms with E-state index in [2.05, 4.69) is 64.3 Å². The molecule has 3 rings (SSSR count). The van der Waals surface area contributed by atoms with Crippen molar-refractivity contribution in [2.24, 2.45) is 0 Å². The summed E-state index contributed by atoms with van der Waals surface area (Å²) in [7, 11) is 0. The molecule has 1 amide bonds. The van der Waals surface area contributed by atoms with Crippen LogP contribution in [0.5, 0.6) is 5.75 Å². The first-order valence-corrected chi connectivity index (χ1v) is 10.5. The van der Waals surface area contributed by atoms with Crippen molar-refractivity contribution in [2.75, 3.05) is 11.9 Å². The van der Waals surface area contributed by atoms with Crippen LogP contribution < -0.4 is 10.1 Å². The minimum absolute atomic E-state index is 0.0469. The summed E-state index contributed by atoms with van der Waals surface area (Å²) in [4.78, 5) is 16.7. The Morgan fingerprint density at radius 3 is 2.63 bits per heavy atom. The van der Waals surface area contributed by atoms with Gasteiger partial charge in [-0.05, 0) is 42.2 Å². The number of nitrogens with one attached hydrogen (secondary N) is 1. The van der Waals surface area contributed by atoms with Gasteiger partial charge in [0.1, 0.15) is 5.75 Å². The summed E-state index contributed by atoms with van der Waals surface area (Å²) < 4.78 is 6.68. The summed E-state index contributed by atoms with van der Waals surface area (Å²) in [6.07, 6.45) is 1.85. The molecule has 0 atom stereocenters. The molecule has 0 aliphatic heterocycles. The fourth-order valence-electron chi connectivity index (χ4n) is 2.64. The molecule has 0 aliphatic carbocycles. The van der Waals surface area contributed by atoms with E-state index in [1.165, 1.54) is 16.9 Å². The molecule has 0 saturated heterocycles. The number of halogens is 1. The Balaban J connectivity index is 1.59. The van der Waals surface area contributed by atoms with Gasteiger partial charge in [-0.15, -0.1) is 11.3 Å². The number of thiazole rings is 1. The maximum Gasteiger partial charge on any atom is 0.264 e. The third-order valence-corrected chi connectivity index (χ3v) is 5.42. The van der Waals surface area contributed by atoms with Gasteiger partial charge in [-0.3, -0.25) is 10.1 Å². The second-order valence-corrected chi connectivity index (χ2v) is 7.80. The Bertz CT molecular complexity index is 922. The summed E-state index contributed by atoms with van der Waals surface area (Å²) in [6.45, 7) is 4.14. The first-order chi connectivity index (χ1) is 13.1. The van der Waals surface area contributed by atoms with Gasteiger partial charge in [-0.25, -0.2) is 4.98 Å². The van der Waals surface area contributed by atoms with Gasteiger partial charge in [0.2, 0.25) is 0 Å². The Morgan fingerprint density at radius 2 is 1.93 bits per heavy atom. The molecule has 0 unspecified atom stereocenters. The van der Waals surface area contributed by atoms with E-state index in [0.717, 1.165) is 39.9 Å². The maximum atomic E-state index is 12.2. The molecular weight excluding hydrogens is 424 g/mol. The summed E-state index contributed by atoms with van der Waals surface area (Å²) >= 11 is 4.86. The van der Waals surface area contributed by atoms with Crippen LogP contribution in [-0.2, 0) is 17.6 Å². The molecule has 0 saturated carbocycles. The molecule has 6 heteroatoms. The van der Waals surface area contributed by atoms with Gasteiger partial charge in [0.15, 0.2) is 11.7 Å². The second kappa shape index (κ2) is 9.15. The predicted octanol–water partition coefficient (Wildman–Crippen LogP) is 5.71. The van der Waals surface area contributed by atoms with E-state index >= 15 is 0 Å². The van der Waals surface area contributed by atoms with Gasteiger partial charge in [0, 0.05) is 15.4 Å². The highest BCUT2D eigenvalue weighted by Crippen LogP contribution is 2.26. The Hall–Kier alpha value is -2.18. The summed E-state index contributed by atoms with van der Waals surface area (Å²) in [5, 5.41) is 5.33. The molecule has 2 aromatic carbocycles. The van der Waals surface area contributed by atoms with Gasteiger partial charge < -0.3 is 4.74 Å². The number of aryl methyl sites for hydroxylation is 2. The Labute approximate surface area is 171 Å². The van der Waals surface area contributed by atoms with E-state index in [1.54, 1.807) is 0 Å². The molecule has 0 aliphatic rings. The van der Waals surface area contributed by atoms with E-state index in [-0.39, 0.29) is 12.5 Å². The zero-order chi connectivity index (χ0) is 19.2. The average molecular weight is 445 g/mol. The van der Waals surface area contributed by atoms with Crippen molar-refractivity contribution in [3.8, 4) is 17.0 Å². The minimum Gasteiger partial charge on any atom is -0.483 e. The van der Waals surface area contributed by atoms with Crippen LogP contribution >= 0.6 is 27.3 Å². The van der Waals surface area contributed by atoms with Crippen LogP contribution in [0.2, 0.25) is 0 Å². The summed E-state index contributed by atoms with van der Waals surface area (Å²) in [6, 6.07) is 14.1. The largest absolute Gasteiger partial charge is 0.483 e. The lowest BCUT2D eigenvalue weighted by molar-refractivity contribution is -0.118. The Morgan fingerprint density at radius 1 is 1.15 bits per heavy atom. The number of anilines is 1. The lowest BCUT2D eigenvalue weighted by atomic mass is 10.1. The average Bonchev–Trinajstić information content (AvgIpc) is 3.15. The van der Waals surface area contributed by atoms with Crippen molar-refractivity contribution in [3.63, 3.8) is 0 Å². The molecule has 1 aromatic heterocycles. The number of carbonyl (C=O) groups is 1. The lowest BCUT2D eigenvalue weighted by Gasteiger charge is -2.10. The van der Waals surface area contributed by atoms with Crippen LogP contribution in [0.3, 0.4) is 0 Å². The van der Waals surface area contributed by atoms with Crippen molar-refractivity contribution < 1.29 is 9.53 Å². The Kier molecular flexibility index (Phi) is 6.63. The molecule has 1 N–H and O–H groups in total. The van der Waals surface area contributed by atoms with Crippen LogP contribution in [0.4, 0.5) is 5.13 Å². The topological polar surface area (TPSA) is 51.2 Å². The third kappa shape index (κ3) is 5.17. The number of amides is 1. The van der Waals surface area contributed by atoms with Crippen molar-refractivity contribution in [3.05, 3.63) is 63.4 Å². The zero-order valence-electron chi connectivity index (χ0n) is 15.3. The molecule has 27 heavy (non-hydrogen) atoms. The fourth-order valence-corrected chi connectivity index (χ4v) is 3.78. The van der Waals surface area contributed by atoms with Gasteiger partial charge in [0.05, 0.1) is 5.69 Å². The molecule has 3 aromatic rings. The molecule has 140 valence electrons. The predicted molar refractivity (Wildman–Crippen MR) is 115 cm³/mol. The zero-order valence-corrected chi connectivity index (χ0v) is 17.7. The van der Waals surface area contributed by atoms with Crippen LogP contribution in [-0.4, -0.2) is 17.5 Å². The molecule has 0 radical (unpaired) electrons. The third-order valence-electron chi connectivity index (χ3n) is 4.17. The van der Waals surface area contributed by atoms with E-state index in [4.69, 9.17) is 4.74 Å². The first-order valence-electron chi connectivity index (χ1n) is 8.85. The number of nitrogens with zero attached hydrogens (tertiary/aromatic N) is 1. The molecule has 4 nitrogen and oxygen atoms in total. The van der Waals surface area contributed by atoms with Gasteiger partial charge in [0.25, 0.3) is 5.91 Å². The first kappa shape index (κ1) is 19.6. The van der Waals surface area contributed by atoms with Gasteiger partial charge >= 0.3 is 0 Å². The van der Waals surface area contributed by atoms with E-state index in [9.17, 15) is 4.79 Å². The number of hydrogen-bond acceptors (Lipinski definition) is 4. The lowest BCUT2D eigenvalue weighted by Crippen LogP contribution is -2.20. The number of rotatable bonds is 7. The molecule has 0 spiro atoms. The van der Waals surface area contributed by atoms with Crippen LogP contribution in [0.25, 0.3) is 11.3 Å². The molecule has 0 bridgehead atoms. The monoisotopic (exact) mass is 444 g/mol. The number of benzene rings is 2. The molecular formula is C21H21BrN2O2S. The van der Waals surface area contributed by atoms with Crippen LogP contribution in [0.15, 0.2) is 52.3 Å². The fraction of sp³-hybridized carbons (Fsp3) is 0.238. The number of aromatic nitrogens is 1. The number of hydrogen-bond donors (Lipinski definition) is 1. The van der Waals surface area contributed by atoms with E-state index in [0.29, 0.717) is 5.13 Å². The summed E-state index contributed by atoms with van der Waals surface area (Å²) in [5.74, 6) is 0.508. The summed E-state index contributed by atoms with van der Waals surface area (Å²) in [5.41, 5.74) is 4.26. The van der Waals surface area contributed by atoms with E-state index in [1.807, 2.05) is 23.6 Å². The standard InChI is InChI=1S/C21H21BrN2O2S/c1-3-14-5-7-16(8-6-14)18-13-27-21(23-18)24-20(25)12-26-19-10-9-17(22)11-15(19)4-2/h5-11,13H,3-4,12H2,1-2H3,(H,23,24,25). The minimum atomic E-state index is -0.220. The number of carbonyl (C=O) groups excluding carboxylic acids is 1. The maximum absolute atomic E-state index is 12.2. The SMILES string of the molecule is CCc1ccc(-c2csc(NC(=O)COc3ccc(Br)cc3CC)n2)cc1. The highest BCUT2D eigenvalue weighted by atomic mass is 79.9. The number of ether oxygens (including phenoxy) is 1. The van der Waals surface area contributed by atoms with Crippen molar-refractivity contribution >= 4 is 38.3 Å². The smallest absolute Gasteiger partial charge is 0.264 e. The van der Waals surface area contributed by atoms with Gasteiger partial charge in [-0.1, -0.05) is 54.0 Å². The molecule has 1 heterocycles. The van der Waals surface area contributed by atoms with Crippen LogP contribution in [0.1, 0.15) is 25.0 Å². The van der Waals surface area contributed by atoms with Crippen molar-refractivity contribution in [1.29, 1.82) is 0 Å². The van der Waals surface area contributed by atoms with Crippen molar-refractivity contribution in [1.82, 2.24) is 4.98 Å². The van der Waals surface area contributed by atoms with E-state index < -0.39 is 0 Å². The normalized spacial score (nSPS) is 10.6.